The third-order valence-electron chi connectivity index (χ3n) is 5.11. The lowest BCUT2D eigenvalue weighted by molar-refractivity contribution is -0.130. The Labute approximate surface area is 171 Å². The SMILES string of the molecule is CCn1c(=O)n(CCC(=O)N(C)CCOc2cc(C)cc(C)c2)c2ccccc21. The fraction of sp³-hybridized carbons (Fsp3) is 0.391. The Morgan fingerprint density at radius 2 is 1.66 bits per heavy atom. The number of nitrogens with zero attached hydrogens (tertiary/aromatic N) is 3. The highest BCUT2D eigenvalue weighted by Crippen LogP contribution is 2.16. The molecule has 1 amide bonds. The summed E-state index contributed by atoms with van der Waals surface area (Å²) >= 11 is 0. The van der Waals surface area contributed by atoms with Crippen LogP contribution in [0.2, 0.25) is 0 Å². The molecule has 1 aromatic heterocycles. The molecule has 6 heteroatoms. The maximum atomic E-state index is 12.7. The quantitative estimate of drug-likeness (QED) is 0.588. The molecular weight excluding hydrogens is 366 g/mol. The van der Waals surface area contributed by atoms with E-state index in [0.717, 1.165) is 27.9 Å². The Morgan fingerprint density at radius 1 is 1.03 bits per heavy atom. The number of hydrogen-bond acceptors (Lipinski definition) is 3. The first kappa shape index (κ1) is 20.7. The van der Waals surface area contributed by atoms with Crippen molar-refractivity contribution in [2.24, 2.45) is 0 Å². The number of amides is 1. The van der Waals surface area contributed by atoms with Gasteiger partial charge in [0.05, 0.1) is 17.6 Å². The van der Waals surface area contributed by atoms with Gasteiger partial charge in [-0.2, -0.15) is 0 Å². The van der Waals surface area contributed by atoms with E-state index in [1.165, 1.54) is 0 Å². The fourth-order valence-electron chi connectivity index (χ4n) is 3.63. The van der Waals surface area contributed by atoms with Crippen molar-refractivity contribution in [3.8, 4) is 5.75 Å². The van der Waals surface area contributed by atoms with Gasteiger partial charge in [-0.25, -0.2) is 4.79 Å². The topological polar surface area (TPSA) is 56.5 Å². The Balaban J connectivity index is 1.57. The third kappa shape index (κ3) is 4.70. The number of carbonyl (C=O) groups is 1. The number of likely N-dealkylation sites (N-methyl/N-ethyl adjacent to an activating group) is 1. The summed E-state index contributed by atoms with van der Waals surface area (Å²) in [6.45, 7) is 7.92. The molecule has 0 saturated heterocycles. The summed E-state index contributed by atoms with van der Waals surface area (Å²) in [5, 5.41) is 0. The predicted molar refractivity (Wildman–Crippen MR) is 116 cm³/mol. The maximum absolute atomic E-state index is 12.7. The molecular formula is C23H29N3O3. The molecule has 154 valence electrons. The normalized spacial score (nSPS) is 11.0. The highest BCUT2D eigenvalue weighted by atomic mass is 16.5. The molecule has 6 nitrogen and oxygen atoms in total. The van der Waals surface area contributed by atoms with Crippen LogP contribution in [0.1, 0.15) is 24.5 Å². The van der Waals surface area contributed by atoms with E-state index in [-0.39, 0.29) is 18.0 Å². The number of carbonyl (C=O) groups excluding carboxylic acids is 1. The van der Waals surface area contributed by atoms with Crippen molar-refractivity contribution in [1.29, 1.82) is 0 Å². The maximum Gasteiger partial charge on any atom is 0.329 e. The van der Waals surface area contributed by atoms with Gasteiger partial charge in [0.2, 0.25) is 5.91 Å². The minimum atomic E-state index is -0.0673. The van der Waals surface area contributed by atoms with E-state index in [1.54, 1.807) is 21.1 Å². The van der Waals surface area contributed by atoms with E-state index >= 15 is 0 Å². The molecule has 0 atom stereocenters. The third-order valence-corrected chi connectivity index (χ3v) is 5.11. The molecule has 1 heterocycles. The Morgan fingerprint density at radius 3 is 2.28 bits per heavy atom. The van der Waals surface area contributed by atoms with Crippen molar-refractivity contribution in [2.75, 3.05) is 20.2 Å². The van der Waals surface area contributed by atoms with Gasteiger partial charge < -0.3 is 9.64 Å². The molecule has 0 radical (unpaired) electrons. The van der Waals surface area contributed by atoms with Gasteiger partial charge in [-0.05, 0) is 56.2 Å². The van der Waals surface area contributed by atoms with E-state index in [2.05, 4.69) is 6.07 Å². The molecule has 3 rings (SSSR count). The van der Waals surface area contributed by atoms with E-state index in [1.807, 2.05) is 57.2 Å². The van der Waals surface area contributed by atoms with Crippen LogP contribution in [0.15, 0.2) is 47.3 Å². The Kier molecular flexibility index (Phi) is 6.42. The van der Waals surface area contributed by atoms with Crippen LogP contribution in [0.4, 0.5) is 0 Å². The summed E-state index contributed by atoms with van der Waals surface area (Å²) in [5.74, 6) is 0.816. The van der Waals surface area contributed by atoms with Gasteiger partial charge in [0.25, 0.3) is 0 Å². The second kappa shape index (κ2) is 8.99. The average Bonchev–Trinajstić information content (AvgIpc) is 2.95. The minimum Gasteiger partial charge on any atom is -0.492 e. The molecule has 0 aliphatic carbocycles. The molecule has 0 fully saturated rings. The number of fused-ring (bicyclic) bond motifs is 1. The lowest BCUT2D eigenvalue weighted by Gasteiger charge is -2.18. The standard InChI is InChI=1S/C23H29N3O3/c1-5-25-20-8-6-7-9-21(20)26(23(25)28)11-10-22(27)24(4)12-13-29-19-15-17(2)14-18(3)16-19/h6-9,14-16H,5,10-13H2,1-4H3. The Bertz CT molecular complexity index is 1040. The summed E-state index contributed by atoms with van der Waals surface area (Å²) in [4.78, 5) is 26.9. The highest BCUT2D eigenvalue weighted by Gasteiger charge is 2.14. The van der Waals surface area contributed by atoms with E-state index in [0.29, 0.717) is 26.2 Å². The van der Waals surface area contributed by atoms with Crippen LogP contribution in [0.25, 0.3) is 11.0 Å². The second-order valence-corrected chi connectivity index (χ2v) is 7.40. The highest BCUT2D eigenvalue weighted by molar-refractivity contribution is 5.78. The molecule has 29 heavy (non-hydrogen) atoms. The smallest absolute Gasteiger partial charge is 0.329 e. The molecule has 0 spiro atoms. The van der Waals surface area contributed by atoms with E-state index in [9.17, 15) is 9.59 Å². The number of aryl methyl sites for hydroxylation is 4. The van der Waals surface area contributed by atoms with Gasteiger partial charge in [0.15, 0.2) is 0 Å². The van der Waals surface area contributed by atoms with Crippen LogP contribution >= 0.6 is 0 Å². The first-order chi connectivity index (χ1) is 13.9. The predicted octanol–water partition coefficient (Wildman–Crippen LogP) is 3.37. The molecule has 3 aromatic rings. The second-order valence-electron chi connectivity index (χ2n) is 7.40. The van der Waals surface area contributed by atoms with Gasteiger partial charge in [-0.1, -0.05) is 18.2 Å². The summed E-state index contributed by atoms with van der Waals surface area (Å²) < 4.78 is 9.22. The van der Waals surface area contributed by atoms with Gasteiger partial charge in [0.1, 0.15) is 12.4 Å². The zero-order valence-corrected chi connectivity index (χ0v) is 17.6. The molecule has 0 unspecified atom stereocenters. The number of imidazole rings is 1. The molecule has 2 aromatic carbocycles. The van der Waals surface area contributed by atoms with Crippen molar-refractivity contribution in [2.45, 2.75) is 40.3 Å². The first-order valence-electron chi connectivity index (χ1n) is 10.0. The summed E-state index contributed by atoms with van der Waals surface area (Å²) in [6, 6.07) is 13.8. The van der Waals surface area contributed by atoms with Gasteiger partial charge in [-0.15, -0.1) is 0 Å². The number of aromatic nitrogens is 2. The average molecular weight is 396 g/mol. The lowest BCUT2D eigenvalue weighted by atomic mass is 10.1. The molecule has 0 bridgehead atoms. The van der Waals surface area contributed by atoms with Crippen LogP contribution in [-0.4, -0.2) is 40.1 Å². The summed E-state index contributed by atoms with van der Waals surface area (Å²) in [6.07, 6.45) is 0.275. The Hall–Kier alpha value is -3.02. The van der Waals surface area contributed by atoms with Crippen molar-refractivity contribution in [1.82, 2.24) is 14.0 Å². The fourth-order valence-corrected chi connectivity index (χ4v) is 3.63. The summed E-state index contributed by atoms with van der Waals surface area (Å²) in [5.41, 5.74) is 4.01. The van der Waals surface area contributed by atoms with Crippen molar-refractivity contribution in [3.05, 3.63) is 64.1 Å². The number of hydrogen-bond donors (Lipinski definition) is 0. The van der Waals surface area contributed by atoms with Crippen LogP contribution in [-0.2, 0) is 17.9 Å². The van der Waals surface area contributed by atoms with Crippen LogP contribution in [0.3, 0.4) is 0 Å². The molecule has 0 aliphatic rings. The van der Waals surface area contributed by atoms with Crippen LogP contribution < -0.4 is 10.4 Å². The van der Waals surface area contributed by atoms with E-state index < -0.39 is 0 Å². The largest absolute Gasteiger partial charge is 0.492 e. The monoisotopic (exact) mass is 395 g/mol. The van der Waals surface area contributed by atoms with Gasteiger partial charge >= 0.3 is 5.69 Å². The van der Waals surface area contributed by atoms with E-state index in [4.69, 9.17) is 4.74 Å². The van der Waals surface area contributed by atoms with Crippen LogP contribution in [0.5, 0.6) is 5.75 Å². The molecule has 0 N–H and O–H groups in total. The van der Waals surface area contributed by atoms with Crippen molar-refractivity contribution >= 4 is 16.9 Å². The zero-order chi connectivity index (χ0) is 21.0. The first-order valence-corrected chi connectivity index (χ1v) is 10.0. The minimum absolute atomic E-state index is 0.00532. The zero-order valence-electron chi connectivity index (χ0n) is 17.6. The van der Waals surface area contributed by atoms with Crippen molar-refractivity contribution < 1.29 is 9.53 Å². The number of ether oxygens (including phenoxy) is 1. The molecule has 0 saturated carbocycles. The number of rotatable bonds is 8. The van der Waals surface area contributed by atoms with Gasteiger partial charge in [-0.3, -0.25) is 13.9 Å². The van der Waals surface area contributed by atoms with Crippen molar-refractivity contribution in [3.63, 3.8) is 0 Å². The number of para-hydroxylation sites is 2. The lowest BCUT2D eigenvalue weighted by Crippen LogP contribution is -2.32. The number of benzene rings is 2. The van der Waals surface area contributed by atoms with Gasteiger partial charge in [0, 0.05) is 26.6 Å². The molecule has 0 aliphatic heterocycles. The van der Waals surface area contributed by atoms with Crippen LogP contribution in [0, 0.1) is 13.8 Å². The summed E-state index contributed by atoms with van der Waals surface area (Å²) in [7, 11) is 1.77.